The molecule has 1 atom stereocenters. The first-order valence-corrected chi connectivity index (χ1v) is 5.87. The van der Waals surface area contributed by atoms with Gasteiger partial charge in [0.05, 0.1) is 12.2 Å². The van der Waals surface area contributed by atoms with Gasteiger partial charge in [-0.05, 0) is 12.1 Å². The molecule has 0 bridgehead atoms. The van der Waals surface area contributed by atoms with Gasteiger partial charge in [-0.15, -0.1) is 0 Å². The van der Waals surface area contributed by atoms with Crippen LogP contribution >= 0.6 is 0 Å². The third kappa shape index (κ3) is 1.99. The van der Waals surface area contributed by atoms with E-state index < -0.39 is 18.0 Å². The zero-order valence-corrected chi connectivity index (χ0v) is 10.2. The van der Waals surface area contributed by atoms with Gasteiger partial charge in [0.25, 0.3) is 5.91 Å². The highest BCUT2D eigenvalue weighted by molar-refractivity contribution is 6.06. The van der Waals surface area contributed by atoms with E-state index in [2.05, 4.69) is 9.68 Å². The molecule has 1 aliphatic heterocycles. The molecule has 3 rings (SSSR count). The lowest BCUT2D eigenvalue weighted by Gasteiger charge is -2.32. The predicted molar refractivity (Wildman–Crippen MR) is 66.7 cm³/mol. The third-order valence-corrected chi connectivity index (χ3v) is 2.95. The van der Waals surface area contributed by atoms with E-state index in [1.165, 1.54) is 17.2 Å². The van der Waals surface area contributed by atoms with Gasteiger partial charge in [0.2, 0.25) is 6.10 Å². The number of fused-ring (bicyclic) bond motifs is 1. The van der Waals surface area contributed by atoms with Crippen LogP contribution in [0.4, 0.5) is 5.69 Å². The summed E-state index contributed by atoms with van der Waals surface area (Å²) in [6, 6.07) is 8.18. The molecule has 1 aromatic carbocycles. The summed E-state index contributed by atoms with van der Waals surface area (Å²) in [5, 5.41) is 12.7. The molecule has 1 amide bonds. The first-order valence-electron chi connectivity index (χ1n) is 5.87. The van der Waals surface area contributed by atoms with Crippen LogP contribution in [0.2, 0.25) is 0 Å². The van der Waals surface area contributed by atoms with Gasteiger partial charge in [-0.25, -0.2) is 4.79 Å². The number of hydrogen-bond donors (Lipinski definition) is 1. The van der Waals surface area contributed by atoms with Crippen molar-refractivity contribution in [1.29, 1.82) is 0 Å². The van der Waals surface area contributed by atoms with Crippen molar-refractivity contribution in [2.45, 2.75) is 6.10 Å². The Morgan fingerprint density at radius 1 is 1.30 bits per heavy atom. The van der Waals surface area contributed by atoms with Crippen LogP contribution in [0.5, 0.6) is 5.75 Å². The van der Waals surface area contributed by atoms with Gasteiger partial charge in [-0.1, -0.05) is 17.3 Å². The number of carbonyl (C=O) groups excluding carboxylic acids is 1. The van der Waals surface area contributed by atoms with Crippen LogP contribution in [0.25, 0.3) is 0 Å². The number of rotatable bonds is 2. The van der Waals surface area contributed by atoms with E-state index in [1.807, 2.05) is 0 Å². The Hall–Kier alpha value is -2.83. The molecule has 0 fully saturated rings. The minimum absolute atomic E-state index is 0.0853. The number of hydrogen-bond acceptors (Lipinski definition) is 5. The molecule has 0 spiro atoms. The van der Waals surface area contributed by atoms with Crippen molar-refractivity contribution in [3.05, 3.63) is 42.3 Å². The molecule has 20 heavy (non-hydrogen) atoms. The number of aromatic nitrogens is 1. The molecule has 102 valence electrons. The number of carbonyl (C=O) groups is 2. The number of para-hydroxylation sites is 2. The molecule has 1 N–H and O–H groups in total. The number of carboxylic acid groups (broad SMARTS) is 1. The van der Waals surface area contributed by atoms with Gasteiger partial charge in [0.15, 0.2) is 5.69 Å². The maximum Gasteiger partial charge on any atom is 0.346 e. The van der Waals surface area contributed by atoms with Crippen molar-refractivity contribution in [3.8, 4) is 5.75 Å². The summed E-state index contributed by atoms with van der Waals surface area (Å²) in [6.07, 6.45) is 0.176. The Morgan fingerprint density at radius 3 is 2.80 bits per heavy atom. The van der Waals surface area contributed by atoms with E-state index >= 15 is 0 Å². The predicted octanol–water partition coefficient (Wildman–Crippen LogP) is 1.17. The molecule has 2 aromatic rings. The lowest BCUT2D eigenvalue weighted by molar-refractivity contribution is -0.144. The second kappa shape index (κ2) is 4.69. The normalized spacial score (nSPS) is 17.2. The van der Waals surface area contributed by atoms with Crippen LogP contribution in [0, 0.1) is 0 Å². The molecule has 1 aliphatic rings. The highest BCUT2D eigenvalue weighted by atomic mass is 16.5. The van der Waals surface area contributed by atoms with Crippen LogP contribution in [0.3, 0.4) is 0 Å². The summed E-state index contributed by atoms with van der Waals surface area (Å²) in [5.74, 6) is -1.21. The average Bonchev–Trinajstić information content (AvgIpc) is 2.99. The molecule has 7 nitrogen and oxygen atoms in total. The Kier molecular flexibility index (Phi) is 2.86. The van der Waals surface area contributed by atoms with Crippen molar-refractivity contribution < 1.29 is 24.0 Å². The van der Waals surface area contributed by atoms with Gasteiger partial charge in [-0.2, -0.15) is 0 Å². The SMILES string of the molecule is O=C(O)C1CN(C(=O)c2ccon2)c2ccccc2O1. The van der Waals surface area contributed by atoms with E-state index in [1.54, 1.807) is 24.3 Å². The zero-order valence-electron chi connectivity index (χ0n) is 10.2. The summed E-state index contributed by atoms with van der Waals surface area (Å²) >= 11 is 0. The first-order chi connectivity index (χ1) is 9.66. The monoisotopic (exact) mass is 274 g/mol. The third-order valence-electron chi connectivity index (χ3n) is 2.95. The smallest absolute Gasteiger partial charge is 0.346 e. The number of benzene rings is 1. The van der Waals surface area contributed by atoms with Gasteiger partial charge in [-0.3, -0.25) is 9.69 Å². The van der Waals surface area contributed by atoms with Crippen LogP contribution < -0.4 is 9.64 Å². The lowest BCUT2D eigenvalue weighted by atomic mass is 10.1. The molecular formula is C13H10N2O5. The molecule has 1 aromatic heterocycles. The van der Waals surface area contributed by atoms with Crippen LogP contribution in [0.15, 0.2) is 41.1 Å². The quantitative estimate of drug-likeness (QED) is 0.883. The number of aliphatic carboxylic acids is 1. The topological polar surface area (TPSA) is 92.9 Å². The number of carboxylic acids is 1. The minimum Gasteiger partial charge on any atom is -0.478 e. The maximum atomic E-state index is 12.3. The van der Waals surface area contributed by atoms with Gasteiger partial charge < -0.3 is 14.4 Å². The standard InChI is InChI=1S/C13H10N2O5/c16-12(8-5-6-19-14-8)15-7-11(13(17)18)20-10-4-2-1-3-9(10)15/h1-6,11H,7H2,(H,17,18). The highest BCUT2D eigenvalue weighted by Gasteiger charge is 2.34. The van der Waals surface area contributed by atoms with Gasteiger partial charge in [0, 0.05) is 6.07 Å². The minimum atomic E-state index is -1.13. The van der Waals surface area contributed by atoms with E-state index in [4.69, 9.17) is 9.84 Å². The summed E-state index contributed by atoms with van der Waals surface area (Å²) in [7, 11) is 0. The first kappa shape index (κ1) is 12.2. The van der Waals surface area contributed by atoms with Crippen molar-refractivity contribution in [3.63, 3.8) is 0 Å². The summed E-state index contributed by atoms with van der Waals surface area (Å²) in [4.78, 5) is 24.8. The summed E-state index contributed by atoms with van der Waals surface area (Å²) < 4.78 is 10.00. The fraction of sp³-hybridized carbons (Fsp3) is 0.154. The fourth-order valence-electron chi connectivity index (χ4n) is 2.02. The second-order valence-electron chi connectivity index (χ2n) is 4.21. The molecule has 7 heteroatoms. The second-order valence-corrected chi connectivity index (χ2v) is 4.21. The maximum absolute atomic E-state index is 12.3. The number of nitrogens with zero attached hydrogens (tertiary/aromatic N) is 2. The number of ether oxygens (including phenoxy) is 1. The molecule has 0 aliphatic carbocycles. The van der Waals surface area contributed by atoms with E-state index in [0.717, 1.165) is 0 Å². The average molecular weight is 274 g/mol. The van der Waals surface area contributed by atoms with Crippen molar-refractivity contribution in [2.75, 3.05) is 11.4 Å². The van der Waals surface area contributed by atoms with Crippen LogP contribution in [0.1, 0.15) is 10.5 Å². The summed E-state index contributed by atoms with van der Waals surface area (Å²) in [6.45, 7) is -0.0853. The van der Waals surface area contributed by atoms with Gasteiger partial charge >= 0.3 is 5.97 Å². The molecule has 2 heterocycles. The van der Waals surface area contributed by atoms with Crippen molar-refractivity contribution in [1.82, 2.24) is 5.16 Å². The highest BCUT2D eigenvalue weighted by Crippen LogP contribution is 2.33. The van der Waals surface area contributed by atoms with E-state index in [9.17, 15) is 9.59 Å². The fourth-order valence-corrected chi connectivity index (χ4v) is 2.02. The van der Waals surface area contributed by atoms with Gasteiger partial charge in [0.1, 0.15) is 12.0 Å². The van der Waals surface area contributed by atoms with Crippen LogP contribution in [-0.2, 0) is 4.79 Å². The van der Waals surface area contributed by atoms with Crippen LogP contribution in [-0.4, -0.2) is 34.8 Å². The Bertz CT molecular complexity index is 653. The molecule has 0 saturated heterocycles. The molecule has 1 unspecified atom stereocenters. The number of amides is 1. The van der Waals surface area contributed by atoms with Crippen molar-refractivity contribution in [2.24, 2.45) is 0 Å². The van der Waals surface area contributed by atoms with E-state index in [0.29, 0.717) is 11.4 Å². The molecule has 0 saturated carbocycles. The van der Waals surface area contributed by atoms with Crippen molar-refractivity contribution >= 4 is 17.6 Å². The Balaban J connectivity index is 2.01. The summed E-state index contributed by atoms with van der Waals surface area (Å²) in [5.41, 5.74) is 0.629. The molecule has 0 radical (unpaired) electrons. The lowest BCUT2D eigenvalue weighted by Crippen LogP contribution is -2.47. The number of anilines is 1. The van der Waals surface area contributed by atoms with E-state index in [-0.39, 0.29) is 12.2 Å². The zero-order chi connectivity index (χ0) is 14.1. The molecular weight excluding hydrogens is 264 g/mol. The Morgan fingerprint density at radius 2 is 2.10 bits per heavy atom. The Labute approximate surface area is 113 Å². The largest absolute Gasteiger partial charge is 0.478 e.